The third kappa shape index (κ3) is 3.75. The molecule has 0 N–H and O–H groups in total. The first kappa shape index (κ1) is 19.1. The van der Waals surface area contributed by atoms with E-state index < -0.39 is 0 Å². The third-order valence-corrected chi connectivity index (χ3v) is 7.89. The van der Waals surface area contributed by atoms with Crippen LogP contribution in [0.2, 0.25) is 0 Å². The second-order valence-corrected chi connectivity index (χ2v) is 10.2. The Morgan fingerprint density at radius 3 is 2.48 bits per heavy atom. The van der Waals surface area contributed by atoms with Gasteiger partial charge in [-0.3, -0.25) is 0 Å². The van der Waals surface area contributed by atoms with Crippen molar-refractivity contribution >= 4 is 5.78 Å². The summed E-state index contributed by atoms with van der Waals surface area (Å²) in [5.41, 5.74) is 2.58. The summed E-state index contributed by atoms with van der Waals surface area (Å²) >= 11 is 0. The Morgan fingerprint density at radius 2 is 1.84 bits per heavy atom. The molecule has 4 atom stereocenters. The predicted octanol–water partition coefficient (Wildman–Crippen LogP) is 6.09. The molecule has 2 heteroatoms. The minimum atomic E-state index is 0.207. The van der Waals surface area contributed by atoms with Crippen molar-refractivity contribution in [3.63, 3.8) is 0 Å². The quantitative estimate of drug-likeness (QED) is 0.430. The number of hydrogen-bond acceptors (Lipinski definition) is 2. The van der Waals surface area contributed by atoms with Gasteiger partial charge in [-0.2, -0.15) is 0 Å². The maximum Gasteiger partial charge on any atom is 0.130 e. The van der Waals surface area contributed by atoms with Gasteiger partial charge in [-0.05, 0) is 81.5 Å². The highest BCUT2D eigenvalue weighted by Gasteiger charge is 2.64. The van der Waals surface area contributed by atoms with Crippen LogP contribution in [0.1, 0.15) is 92.4 Å². The maximum absolute atomic E-state index is 11.1. The van der Waals surface area contributed by atoms with E-state index in [4.69, 9.17) is 4.74 Å². The van der Waals surface area contributed by atoms with E-state index in [0.717, 1.165) is 25.4 Å². The molecular weight excluding hydrogens is 308 g/mol. The fourth-order valence-corrected chi connectivity index (χ4v) is 6.49. The lowest BCUT2D eigenvalue weighted by atomic mass is 9.45. The molecule has 142 valence electrons. The molecule has 0 aromatic rings. The molecule has 1 heterocycles. The van der Waals surface area contributed by atoms with Crippen LogP contribution in [0.15, 0.2) is 11.6 Å². The van der Waals surface area contributed by atoms with E-state index in [1.165, 1.54) is 44.1 Å². The molecular formula is C23H38O2. The number of hydrogen-bond donors (Lipinski definition) is 0. The van der Waals surface area contributed by atoms with Gasteiger partial charge in [-0.25, -0.2) is 0 Å². The summed E-state index contributed by atoms with van der Waals surface area (Å²) in [5.74, 6) is 1.84. The molecule has 0 bridgehead atoms. The summed E-state index contributed by atoms with van der Waals surface area (Å²) in [7, 11) is 0. The number of rotatable bonds is 6. The van der Waals surface area contributed by atoms with Crippen LogP contribution in [-0.4, -0.2) is 18.0 Å². The van der Waals surface area contributed by atoms with Crippen LogP contribution in [0.5, 0.6) is 0 Å². The fraction of sp³-hybridized carbons (Fsp3) is 0.870. The van der Waals surface area contributed by atoms with Crippen molar-refractivity contribution < 1.29 is 9.53 Å². The lowest BCUT2D eigenvalue weighted by Crippen LogP contribution is -2.54. The molecule has 25 heavy (non-hydrogen) atoms. The van der Waals surface area contributed by atoms with E-state index in [2.05, 4.69) is 33.8 Å². The molecule has 2 saturated carbocycles. The third-order valence-electron chi connectivity index (χ3n) is 7.89. The molecule has 3 fully saturated rings. The predicted molar refractivity (Wildman–Crippen MR) is 104 cm³/mol. The van der Waals surface area contributed by atoms with Crippen LogP contribution in [0.3, 0.4) is 0 Å². The molecule has 1 aliphatic heterocycles. The van der Waals surface area contributed by atoms with Crippen LogP contribution in [0, 0.1) is 22.7 Å². The average Bonchev–Trinajstić information content (AvgIpc) is 3.25. The van der Waals surface area contributed by atoms with Gasteiger partial charge in [0.15, 0.2) is 0 Å². The van der Waals surface area contributed by atoms with Crippen LogP contribution in [0.25, 0.3) is 0 Å². The van der Waals surface area contributed by atoms with Gasteiger partial charge >= 0.3 is 0 Å². The van der Waals surface area contributed by atoms with Crippen LogP contribution in [-0.2, 0) is 9.53 Å². The maximum atomic E-state index is 11.1. The van der Waals surface area contributed by atoms with Crippen molar-refractivity contribution in [2.24, 2.45) is 22.7 Å². The summed E-state index contributed by atoms with van der Waals surface area (Å²) in [4.78, 5) is 11.1. The lowest BCUT2D eigenvalue weighted by Gasteiger charge is -2.59. The van der Waals surface area contributed by atoms with Gasteiger partial charge in [0.25, 0.3) is 0 Å². The molecule has 0 radical (unpaired) electrons. The smallest absolute Gasteiger partial charge is 0.130 e. The summed E-state index contributed by atoms with van der Waals surface area (Å²) in [6.07, 6.45) is 13.1. The van der Waals surface area contributed by atoms with Gasteiger partial charge in [-0.15, -0.1) is 0 Å². The number of ether oxygens (including phenoxy) is 1. The van der Waals surface area contributed by atoms with E-state index in [0.29, 0.717) is 29.0 Å². The molecule has 2 nitrogen and oxygen atoms in total. The first-order valence-corrected chi connectivity index (χ1v) is 10.5. The monoisotopic (exact) mass is 346 g/mol. The zero-order valence-corrected chi connectivity index (χ0v) is 17.1. The number of fused-ring (bicyclic) bond motifs is 1. The molecule has 1 spiro atoms. The van der Waals surface area contributed by atoms with Crippen molar-refractivity contribution in [2.75, 3.05) is 6.61 Å². The normalized spacial score (nSPS) is 40.0. The number of Topliss-reactive ketones (excluding diaryl/α,β-unsaturated/α-hetero) is 1. The summed E-state index contributed by atoms with van der Waals surface area (Å²) < 4.78 is 6.11. The summed E-state index contributed by atoms with van der Waals surface area (Å²) in [5, 5.41) is 0. The molecule has 0 aromatic carbocycles. The van der Waals surface area contributed by atoms with Crippen molar-refractivity contribution in [1.29, 1.82) is 0 Å². The number of carbonyl (C=O) groups excluding carboxylic acids is 1. The zero-order valence-electron chi connectivity index (χ0n) is 17.1. The lowest BCUT2D eigenvalue weighted by molar-refractivity contribution is -0.116. The highest BCUT2D eigenvalue weighted by Crippen LogP contribution is 2.66. The average molecular weight is 347 g/mol. The van der Waals surface area contributed by atoms with Gasteiger partial charge in [-0.1, -0.05) is 38.8 Å². The summed E-state index contributed by atoms with van der Waals surface area (Å²) in [6, 6.07) is 0. The SMILES string of the molecule is CC(=O)CC/C=C(\C)CC[C@H]1[C@]2(CC[C@H]3C(C)(C)CCC[C@@]31C)CO2. The number of epoxide rings is 1. The molecule has 2 aliphatic carbocycles. The van der Waals surface area contributed by atoms with E-state index in [1.54, 1.807) is 6.92 Å². The molecule has 1 saturated heterocycles. The number of carbonyl (C=O) groups is 1. The van der Waals surface area contributed by atoms with Gasteiger partial charge in [0.05, 0.1) is 12.2 Å². The van der Waals surface area contributed by atoms with E-state index in [1.807, 2.05) is 0 Å². The molecule has 3 rings (SSSR count). The topological polar surface area (TPSA) is 29.6 Å². The Bertz CT molecular complexity index is 540. The van der Waals surface area contributed by atoms with Crippen molar-refractivity contribution in [2.45, 2.75) is 98.0 Å². The van der Waals surface area contributed by atoms with Gasteiger partial charge in [0.1, 0.15) is 5.78 Å². The van der Waals surface area contributed by atoms with Crippen molar-refractivity contribution in [1.82, 2.24) is 0 Å². The van der Waals surface area contributed by atoms with Crippen molar-refractivity contribution in [3.05, 3.63) is 11.6 Å². The molecule has 0 unspecified atom stereocenters. The minimum Gasteiger partial charge on any atom is -0.369 e. The Morgan fingerprint density at radius 1 is 1.12 bits per heavy atom. The molecule has 0 aromatic heterocycles. The number of ketones is 1. The van der Waals surface area contributed by atoms with Crippen LogP contribution < -0.4 is 0 Å². The van der Waals surface area contributed by atoms with Crippen LogP contribution in [0.4, 0.5) is 0 Å². The fourth-order valence-electron chi connectivity index (χ4n) is 6.49. The molecule has 3 aliphatic rings. The standard InChI is InChI=1S/C23H38O2/c1-17(8-6-9-18(2)24)10-11-20-22(5)14-7-13-21(3,4)19(22)12-15-23(20)16-25-23/h8,19-20H,6-7,9-16H2,1-5H3/b17-8+/t19-,20+,22-,23-/m0/s1. The van der Waals surface area contributed by atoms with Crippen molar-refractivity contribution in [3.8, 4) is 0 Å². The van der Waals surface area contributed by atoms with Gasteiger partial charge in [0, 0.05) is 6.42 Å². The number of allylic oxidation sites excluding steroid dienone is 2. The van der Waals surface area contributed by atoms with E-state index >= 15 is 0 Å². The zero-order chi connectivity index (χ0) is 18.3. The highest BCUT2D eigenvalue weighted by atomic mass is 16.6. The second kappa shape index (κ2) is 6.83. The van der Waals surface area contributed by atoms with E-state index in [-0.39, 0.29) is 5.60 Å². The Hall–Kier alpha value is -0.630. The van der Waals surface area contributed by atoms with Crippen LogP contribution >= 0.6 is 0 Å². The Kier molecular flexibility index (Phi) is 5.23. The second-order valence-electron chi connectivity index (χ2n) is 10.2. The van der Waals surface area contributed by atoms with Gasteiger partial charge < -0.3 is 9.53 Å². The highest BCUT2D eigenvalue weighted by molar-refractivity contribution is 5.75. The Balaban J connectivity index is 1.70. The largest absolute Gasteiger partial charge is 0.369 e. The first-order chi connectivity index (χ1) is 11.7. The van der Waals surface area contributed by atoms with Gasteiger partial charge in [0.2, 0.25) is 0 Å². The first-order valence-electron chi connectivity index (χ1n) is 10.5. The minimum absolute atomic E-state index is 0.207. The molecule has 0 amide bonds. The van der Waals surface area contributed by atoms with E-state index in [9.17, 15) is 4.79 Å². The summed E-state index contributed by atoms with van der Waals surface area (Å²) in [6.45, 7) is 12.5. The Labute approximate surface area is 154 Å².